The number of amides is 4. The Morgan fingerprint density at radius 3 is 1.56 bits per heavy atom. The van der Waals surface area contributed by atoms with Crippen LogP contribution in [0.25, 0.3) is 61.5 Å². The number of benzene rings is 1. The Hall–Kier alpha value is -10.9. The van der Waals surface area contributed by atoms with E-state index in [1.165, 1.54) is 37.8 Å². The normalized spacial score (nSPS) is 20.5. The maximum atomic E-state index is 13.9. The number of carbonyl (C=O) groups is 4. The van der Waals surface area contributed by atoms with Crippen LogP contribution in [0.1, 0.15) is 240 Å². The van der Waals surface area contributed by atoms with Gasteiger partial charge in [0.1, 0.15) is 62.4 Å². The fourth-order valence-electron chi connectivity index (χ4n) is 17.5. The molecule has 1 aliphatic heterocycles. The summed E-state index contributed by atoms with van der Waals surface area (Å²) in [6.07, 6.45) is 21.2. The lowest BCUT2D eigenvalue weighted by Gasteiger charge is -2.38. The Labute approximate surface area is 758 Å². The first-order chi connectivity index (χ1) is 61.5. The van der Waals surface area contributed by atoms with E-state index < -0.39 is 17.0 Å². The van der Waals surface area contributed by atoms with Crippen LogP contribution in [0, 0.1) is 35.4 Å². The Kier molecular flexibility index (Phi) is 28.1. The number of hydrogen-bond donors (Lipinski definition) is 5. The van der Waals surface area contributed by atoms with Crippen molar-refractivity contribution in [1.29, 1.82) is 0 Å². The molecule has 5 N–H and O–H groups in total. The largest absolute Gasteiger partial charge is 0.494 e. The molecule has 7 aliphatic rings. The van der Waals surface area contributed by atoms with Gasteiger partial charge in [0, 0.05) is 100 Å². The number of methoxy groups -OCH3 is 1. The molecule has 12 aromatic rings. The van der Waals surface area contributed by atoms with Crippen LogP contribution in [0.15, 0.2) is 102 Å². The van der Waals surface area contributed by atoms with E-state index in [1.54, 1.807) is 81.0 Å². The number of carbonyl (C=O) groups excluding carboxylic acids is 4. The van der Waals surface area contributed by atoms with Gasteiger partial charge in [0.05, 0.1) is 30.1 Å². The molecule has 1 aromatic carbocycles. The van der Waals surface area contributed by atoms with E-state index in [0.717, 1.165) is 137 Å². The third-order valence-corrected chi connectivity index (χ3v) is 25.9. The molecular formula is C94H120ClF4N23O6S. The van der Waals surface area contributed by atoms with Crippen molar-refractivity contribution < 1.29 is 46.2 Å². The number of fused-ring (bicyclic) bond motifs is 5. The zero-order valence-corrected chi connectivity index (χ0v) is 77.7. The minimum absolute atomic E-state index is 0.0268. The van der Waals surface area contributed by atoms with Crippen molar-refractivity contribution in [2.45, 2.75) is 264 Å². The van der Waals surface area contributed by atoms with Gasteiger partial charge in [-0.2, -0.15) is 10.1 Å². The summed E-state index contributed by atoms with van der Waals surface area (Å²) in [6, 6.07) is 26.3. The maximum absolute atomic E-state index is 13.9. The molecule has 7 fully saturated rings. The first-order valence-electron chi connectivity index (χ1n) is 45.3. The third-order valence-electron chi connectivity index (χ3n) is 24.9. The monoisotopic (exact) mass is 1810 g/mol. The topological polar surface area (TPSA) is 322 Å². The number of hydrogen-bond acceptors (Lipinski definition) is 20. The van der Waals surface area contributed by atoms with Gasteiger partial charge in [0.2, 0.25) is 59.3 Å². The second kappa shape index (κ2) is 39.0. The average Bonchev–Trinajstić information content (AvgIpc) is 1.62. The SMILES string of the molecule is CC(C)(C)CCNc1nc2ccc(Cl)nc2n1-c1ccc(F)cc1.CCSc1ccc2nc(NC(=O)CC3CC(C)(F)C3)n(C3CCC3)c2n1.COc1ccnc2c1nc(NC(=O)CC1CC(C)(F)C1)n2C1CCC1.Cc1ccc2nc(NC(=O)CN3CCC(C)(F)C3)n(C3CCC3)c2n1.Cn1nccc1COc1ccc2nc(NC(=O)CC(C)(C)C)n(C3CCC3)c2n1. The number of rotatable bonds is 25. The summed E-state index contributed by atoms with van der Waals surface area (Å²) in [5.74, 6) is 4.67. The predicted octanol–water partition coefficient (Wildman–Crippen LogP) is 20.1. The van der Waals surface area contributed by atoms with Crippen molar-refractivity contribution in [2.24, 2.45) is 29.7 Å². The van der Waals surface area contributed by atoms with Gasteiger partial charge in [-0.3, -0.25) is 72.9 Å². The predicted molar refractivity (Wildman–Crippen MR) is 496 cm³/mol. The van der Waals surface area contributed by atoms with E-state index >= 15 is 0 Å². The number of likely N-dealkylation sites (tertiary alicyclic amines) is 1. The fourth-order valence-corrected chi connectivity index (χ4v) is 18.2. The molecule has 6 saturated carbocycles. The third kappa shape index (κ3) is 22.9. The lowest BCUT2D eigenvalue weighted by molar-refractivity contribution is -0.120. The molecule has 688 valence electrons. The minimum atomic E-state index is -1.19. The van der Waals surface area contributed by atoms with Gasteiger partial charge in [-0.05, 0) is 244 Å². The number of halogens is 5. The van der Waals surface area contributed by atoms with Crippen LogP contribution < -0.4 is 36.1 Å². The van der Waals surface area contributed by atoms with Gasteiger partial charge in [-0.1, -0.05) is 60.1 Å². The first kappa shape index (κ1) is 92.8. The number of ether oxygens (including phenoxy) is 2. The van der Waals surface area contributed by atoms with Crippen LogP contribution in [0.3, 0.4) is 0 Å². The summed E-state index contributed by atoms with van der Waals surface area (Å²) in [5.41, 5.74) is 7.01. The van der Waals surface area contributed by atoms with Crippen molar-refractivity contribution in [1.82, 2.24) is 87.4 Å². The fraction of sp³-hybridized carbons (Fsp3) is 0.543. The highest BCUT2D eigenvalue weighted by Gasteiger charge is 2.43. The van der Waals surface area contributed by atoms with Gasteiger partial charge in [-0.25, -0.2) is 62.4 Å². The van der Waals surface area contributed by atoms with Crippen molar-refractivity contribution in [2.75, 3.05) is 65.6 Å². The summed E-state index contributed by atoms with van der Waals surface area (Å²) < 4.78 is 77.6. The number of anilines is 5. The molecular weight excluding hydrogens is 1690 g/mol. The summed E-state index contributed by atoms with van der Waals surface area (Å²) in [4.78, 5) is 97.6. The molecule has 12 heterocycles. The molecule has 0 radical (unpaired) electrons. The minimum Gasteiger partial charge on any atom is -0.494 e. The molecule has 0 bridgehead atoms. The highest BCUT2D eigenvalue weighted by atomic mass is 35.5. The smallest absolute Gasteiger partial charge is 0.240 e. The highest BCUT2D eigenvalue weighted by molar-refractivity contribution is 7.99. The zero-order valence-electron chi connectivity index (χ0n) is 76.1. The second-order valence-electron chi connectivity index (χ2n) is 38.7. The molecule has 35 heteroatoms. The number of alkyl halides is 3. The molecule has 0 spiro atoms. The maximum Gasteiger partial charge on any atom is 0.240 e. The number of nitrogens with zero attached hydrogens (tertiary/aromatic N) is 18. The van der Waals surface area contributed by atoms with Crippen LogP contribution >= 0.6 is 23.4 Å². The van der Waals surface area contributed by atoms with Crippen LogP contribution in [0.4, 0.5) is 47.3 Å². The van der Waals surface area contributed by atoms with Crippen molar-refractivity contribution in [3.8, 4) is 17.3 Å². The van der Waals surface area contributed by atoms with E-state index in [9.17, 15) is 36.7 Å². The van der Waals surface area contributed by atoms with E-state index in [4.69, 9.17) is 31.0 Å². The molecule has 1 unspecified atom stereocenters. The van der Waals surface area contributed by atoms with E-state index in [0.29, 0.717) is 153 Å². The zero-order chi connectivity index (χ0) is 91.4. The van der Waals surface area contributed by atoms with Crippen LogP contribution in [-0.4, -0.2) is 167 Å². The van der Waals surface area contributed by atoms with Crippen LogP contribution in [-0.2, 0) is 32.8 Å². The van der Waals surface area contributed by atoms with Crippen LogP contribution in [0.5, 0.6) is 11.6 Å². The summed E-state index contributed by atoms with van der Waals surface area (Å²) >= 11 is 7.75. The number of aromatic nitrogens is 17. The van der Waals surface area contributed by atoms with Crippen molar-refractivity contribution in [3.63, 3.8) is 0 Å². The van der Waals surface area contributed by atoms with Gasteiger partial charge < -0.3 is 14.8 Å². The number of nitrogens with one attached hydrogen (secondary N) is 5. The Balaban J connectivity index is 0.000000124. The summed E-state index contributed by atoms with van der Waals surface area (Å²) in [5, 5.41) is 20.7. The summed E-state index contributed by atoms with van der Waals surface area (Å²) in [6.45, 7) is 23.9. The quantitative estimate of drug-likeness (QED) is 0.0202. The first-order valence-corrected chi connectivity index (χ1v) is 46.6. The lowest BCUT2D eigenvalue weighted by Crippen LogP contribution is -2.38. The standard InChI is InChI=1S/C21H28N6O2.C19H25FN4OS.C18H20ClFN4.C18H24FN5O.C18H23FN4O2/c1-21(2,3)12-17(28)24-20-23-16-8-9-18(29-13-15-10-11-22-26(15)4)25-19(16)27(20)14-6-5-7-14;1-3-26-16-8-7-14-17(23-16)24(13-5-4-6-13)18(21-14)22-15(25)9-12-10-19(2,20)11-12;1-18(2,3)10-11-21-17-22-14-8-9-15(19)23-16(14)24(17)13-6-4-12(20)5-7-13;1-12-6-7-14-16(20-12)24(13-4-3-5-13)17(21-14)22-15(25)10-23-9-8-18(2,19)11-23;1-18(19)9-11(10-18)8-14(24)21-17-22-15-13(25-2)6-7-20-16(15)23(17)12-4-3-5-12/h8-11,14H,5-7,12-13H2,1-4H3,(H,23,24,28);7-8,12-13H,3-6,9-11H2,1-2H3,(H,21,22,25);4-9H,10-11H2,1-3H3,(H,21,22);6-7,13H,3-5,8-11H2,1-2H3,(H,21,22,25);6-7,11-12H,3-5,8-10H2,1-2H3,(H,21,22,24). The Bertz CT molecular complexity index is 5990. The van der Waals surface area contributed by atoms with Crippen molar-refractivity contribution in [3.05, 3.63) is 120 Å². The van der Waals surface area contributed by atoms with Gasteiger partial charge in [0.15, 0.2) is 33.8 Å². The van der Waals surface area contributed by atoms with E-state index in [1.807, 2.05) is 76.5 Å². The van der Waals surface area contributed by atoms with Crippen molar-refractivity contribution >= 4 is 133 Å². The molecule has 11 aromatic heterocycles. The lowest BCUT2D eigenvalue weighted by atomic mass is 9.72. The molecule has 19 rings (SSSR count). The Morgan fingerprint density at radius 2 is 1.05 bits per heavy atom. The van der Waals surface area contributed by atoms with Gasteiger partial charge in [0.25, 0.3) is 0 Å². The number of imidazole rings is 5. The molecule has 29 nitrogen and oxygen atoms in total. The number of thioether (sulfide) groups is 1. The van der Waals surface area contributed by atoms with Gasteiger partial charge >= 0.3 is 0 Å². The second-order valence-corrected chi connectivity index (χ2v) is 40.4. The molecule has 1 atom stereocenters. The highest BCUT2D eigenvalue weighted by Crippen LogP contribution is 2.47. The van der Waals surface area contributed by atoms with E-state index in [2.05, 4.69) is 134 Å². The van der Waals surface area contributed by atoms with Crippen LogP contribution in [0.2, 0.25) is 5.15 Å². The van der Waals surface area contributed by atoms with Gasteiger partial charge in [-0.15, -0.1) is 11.8 Å². The molecule has 129 heavy (non-hydrogen) atoms. The molecule has 6 aliphatic carbocycles. The number of pyridine rings is 5. The summed E-state index contributed by atoms with van der Waals surface area (Å²) in [7, 11) is 3.48. The molecule has 4 amide bonds. The molecule has 1 saturated heterocycles. The van der Waals surface area contributed by atoms with E-state index in [-0.39, 0.29) is 58.7 Å². The Morgan fingerprint density at radius 1 is 0.550 bits per heavy atom. The average molecular weight is 1810 g/mol. The number of aryl methyl sites for hydroxylation is 2.